The molecule has 0 radical (unpaired) electrons. The molecule has 0 bridgehead atoms. The Morgan fingerprint density at radius 1 is 1.21 bits per heavy atom. The maximum Gasteiger partial charge on any atom is 0.244 e. The van der Waals surface area contributed by atoms with Gasteiger partial charge in [-0.05, 0) is 24.5 Å². The second kappa shape index (κ2) is 7.88. The molecule has 1 aromatic carbocycles. The van der Waals surface area contributed by atoms with Crippen molar-refractivity contribution in [2.75, 3.05) is 6.54 Å². The second-order valence-corrected chi connectivity index (χ2v) is 6.58. The van der Waals surface area contributed by atoms with Crippen LogP contribution >= 0.6 is 11.3 Å². The number of amides is 2. The van der Waals surface area contributed by atoms with Crippen molar-refractivity contribution >= 4 is 29.2 Å². The first-order chi connectivity index (χ1) is 11.7. The molecule has 0 atom stereocenters. The smallest absolute Gasteiger partial charge is 0.244 e. The highest BCUT2D eigenvalue weighted by atomic mass is 32.1. The van der Waals surface area contributed by atoms with Crippen molar-refractivity contribution in [1.82, 2.24) is 15.6 Å². The standard InChI is InChI=1S/C18H19N3O2S/c22-16(9-6-13-4-2-1-3-5-13)20-11-17(23)19-10-15-12-24-18(21-15)14-7-8-14/h1-6,9,12,14H,7-8,10-11H2,(H,19,23)(H,20,22). The van der Waals surface area contributed by atoms with Crippen LogP contribution in [-0.2, 0) is 16.1 Å². The Hall–Kier alpha value is -2.47. The first-order valence-electron chi connectivity index (χ1n) is 7.92. The molecule has 2 amide bonds. The van der Waals surface area contributed by atoms with Crippen LogP contribution in [0.2, 0.25) is 0 Å². The van der Waals surface area contributed by atoms with Crippen LogP contribution in [0.15, 0.2) is 41.8 Å². The zero-order valence-corrected chi connectivity index (χ0v) is 14.0. The zero-order valence-electron chi connectivity index (χ0n) is 13.2. The maximum atomic E-state index is 11.8. The van der Waals surface area contributed by atoms with E-state index in [-0.39, 0.29) is 18.4 Å². The van der Waals surface area contributed by atoms with Crippen molar-refractivity contribution in [3.05, 3.63) is 58.1 Å². The lowest BCUT2D eigenvalue weighted by Gasteiger charge is -2.04. The van der Waals surface area contributed by atoms with Gasteiger partial charge >= 0.3 is 0 Å². The third-order valence-corrected chi connectivity index (χ3v) is 4.67. The summed E-state index contributed by atoms with van der Waals surface area (Å²) >= 11 is 1.65. The van der Waals surface area contributed by atoms with Crippen molar-refractivity contribution in [3.8, 4) is 0 Å². The third kappa shape index (κ3) is 5.03. The van der Waals surface area contributed by atoms with Gasteiger partial charge in [-0.3, -0.25) is 9.59 Å². The minimum absolute atomic E-state index is 0.0441. The fourth-order valence-electron chi connectivity index (χ4n) is 2.14. The molecule has 124 valence electrons. The summed E-state index contributed by atoms with van der Waals surface area (Å²) in [5.74, 6) is 0.117. The number of hydrogen-bond donors (Lipinski definition) is 2. The molecule has 1 aliphatic rings. The SMILES string of the molecule is O=C(C=Cc1ccccc1)NCC(=O)NCc1csc(C2CC2)n1. The number of benzene rings is 1. The molecule has 2 N–H and O–H groups in total. The molecular weight excluding hydrogens is 322 g/mol. The predicted octanol–water partition coefficient (Wildman–Crippen LogP) is 2.47. The van der Waals surface area contributed by atoms with E-state index in [0.717, 1.165) is 11.3 Å². The summed E-state index contributed by atoms with van der Waals surface area (Å²) in [5.41, 5.74) is 1.82. The minimum atomic E-state index is -0.293. The normalized spacial score (nSPS) is 13.8. The van der Waals surface area contributed by atoms with Crippen molar-refractivity contribution in [3.63, 3.8) is 0 Å². The van der Waals surface area contributed by atoms with Crippen molar-refractivity contribution in [2.24, 2.45) is 0 Å². The summed E-state index contributed by atoms with van der Waals surface area (Å²) in [4.78, 5) is 28.0. The van der Waals surface area contributed by atoms with Crippen LogP contribution < -0.4 is 10.6 Å². The minimum Gasteiger partial charge on any atom is -0.349 e. The van der Waals surface area contributed by atoms with Gasteiger partial charge in [0, 0.05) is 17.4 Å². The monoisotopic (exact) mass is 341 g/mol. The summed E-state index contributed by atoms with van der Waals surface area (Å²) in [6.07, 6.45) is 5.58. The Kier molecular flexibility index (Phi) is 5.38. The molecule has 2 aromatic rings. The van der Waals surface area contributed by atoms with Gasteiger partial charge in [0.15, 0.2) is 0 Å². The summed E-state index contributed by atoms with van der Waals surface area (Å²) < 4.78 is 0. The van der Waals surface area contributed by atoms with E-state index < -0.39 is 0 Å². The van der Waals surface area contributed by atoms with Crippen LogP contribution in [0.5, 0.6) is 0 Å². The van der Waals surface area contributed by atoms with Crippen LogP contribution in [0, 0.1) is 0 Å². The van der Waals surface area contributed by atoms with Gasteiger partial charge < -0.3 is 10.6 Å². The van der Waals surface area contributed by atoms with Gasteiger partial charge in [0.05, 0.1) is 23.8 Å². The van der Waals surface area contributed by atoms with E-state index in [1.54, 1.807) is 17.4 Å². The fourth-order valence-corrected chi connectivity index (χ4v) is 3.13. The van der Waals surface area contributed by atoms with E-state index in [1.165, 1.54) is 23.9 Å². The molecule has 0 saturated heterocycles. The number of aromatic nitrogens is 1. The van der Waals surface area contributed by atoms with Crippen LogP contribution in [0.1, 0.15) is 35.0 Å². The van der Waals surface area contributed by atoms with Crippen molar-refractivity contribution < 1.29 is 9.59 Å². The molecule has 1 fully saturated rings. The van der Waals surface area contributed by atoms with Crippen LogP contribution in [0.4, 0.5) is 0 Å². The summed E-state index contributed by atoms with van der Waals surface area (Å²) in [6, 6.07) is 9.52. The van der Waals surface area contributed by atoms with Gasteiger partial charge in [-0.2, -0.15) is 0 Å². The molecule has 1 aromatic heterocycles. The van der Waals surface area contributed by atoms with Gasteiger partial charge in [0.2, 0.25) is 11.8 Å². The van der Waals surface area contributed by atoms with Gasteiger partial charge in [0.25, 0.3) is 0 Å². The third-order valence-electron chi connectivity index (χ3n) is 3.61. The summed E-state index contributed by atoms with van der Waals surface area (Å²) in [7, 11) is 0. The van der Waals surface area contributed by atoms with E-state index >= 15 is 0 Å². The molecule has 0 spiro atoms. The fraction of sp³-hybridized carbons (Fsp3) is 0.278. The molecule has 1 saturated carbocycles. The number of nitrogens with zero attached hydrogens (tertiary/aromatic N) is 1. The summed E-state index contributed by atoms with van der Waals surface area (Å²) in [5, 5.41) is 8.48. The molecule has 1 aliphatic carbocycles. The number of thiazole rings is 1. The highest BCUT2D eigenvalue weighted by Gasteiger charge is 2.26. The van der Waals surface area contributed by atoms with Crippen molar-refractivity contribution in [1.29, 1.82) is 0 Å². The molecular formula is C18H19N3O2S. The van der Waals surface area contributed by atoms with Crippen LogP contribution in [-0.4, -0.2) is 23.3 Å². The molecule has 5 nitrogen and oxygen atoms in total. The van der Waals surface area contributed by atoms with E-state index in [4.69, 9.17) is 0 Å². The summed E-state index contributed by atoms with van der Waals surface area (Å²) in [6.45, 7) is 0.357. The number of rotatable bonds is 7. The maximum absolute atomic E-state index is 11.8. The zero-order chi connectivity index (χ0) is 16.8. The molecule has 6 heteroatoms. The van der Waals surface area contributed by atoms with Crippen LogP contribution in [0.25, 0.3) is 6.08 Å². The quantitative estimate of drug-likeness (QED) is 0.760. The first kappa shape index (κ1) is 16.4. The first-order valence-corrected chi connectivity index (χ1v) is 8.80. The van der Waals surface area contributed by atoms with Gasteiger partial charge in [-0.15, -0.1) is 11.3 Å². The molecule has 3 rings (SSSR count). The van der Waals surface area contributed by atoms with Crippen molar-refractivity contribution in [2.45, 2.75) is 25.3 Å². The Morgan fingerprint density at radius 2 is 2.00 bits per heavy atom. The van der Waals surface area contributed by atoms with E-state index in [2.05, 4.69) is 15.6 Å². The lowest BCUT2D eigenvalue weighted by atomic mass is 10.2. The number of carbonyl (C=O) groups is 2. The Bertz CT molecular complexity index is 736. The Morgan fingerprint density at radius 3 is 2.75 bits per heavy atom. The van der Waals surface area contributed by atoms with E-state index in [9.17, 15) is 9.59 Å². The van der Waals surface area contributed by atoms with Gasteiger partial charge in [-0.25, -0.2) is 4.98 Å². The number of nitrogens with one attached hydrogen (secondary N) is 2. The Labute approximate surface area is 144 Å². The molecule has 1 heterocycles. The highest BCUT2D eigenvalue weighted by molar-refractivity contribution is 7.09. The lowest BCUT2D eigenvalue weighted by Crippen LogP contribution is -2.35. The number of hydrogen-bond acceptors (Lipinski definition) is 4. The molecule has 0 unspecified atom stereocenters. The van der Waals surface area contributed by atoms with Gasteiger partial charge in [-0.1, -0.05) is 30.3 Å². The van der Waals surface area contributed by atoms with E-state index in [1.807, 2.05) is 35.7 Å². The average molecular weight is 341 g/mol. The predicted molar refractivity (Wildman–Crippen MR) is 94.4 cm³/mol. The van der Waals surface area contributed by atoms with Crippen LogP contribution in [0.3, 0.4) is 0 Å². The van der Waals surface area contributed by atoms with Gasteiger partial charge in [0.1, 0.15) is 0 Å². The topological polar surface area (TPSA) is 71.1 Å². The molecule has 0 aliphatic heterocycles. The second-order valence-electron chi connectivity index (χ2n) is 5.69. The number of carbonyl (C=O) groups excluding carboxylic acids is 2. The largest absolute Gasteiger partial charge is 0.349 e. The Balaban J connectivity index is 1.37. The molecule has 24 heavy (non-hydrogen) atoms. The lowest BCUT2D eigenvalue weighted by molar-refractivity contribution is -0.124. The van der Waals surface area contributed by atoms with E-state index in [0.29, 0.717) is 12.5 Å². The highest BCUT2D eigenvalue weighted by Crippen LogP contribution is 2.41. The average Bonchev–Trinajstić information content (AvgIpc) is 3.35.